The van der Waals surface area contributed by atoms with E-state index in [1.807, 2.05) is 6.92 Å². The lowest BCUT2D eigenvalue weighted by atomic mass is 10.0. The third-order valence-corrected chi connectivity index (χ3v) is 6.03. The Bertz CT molecular complexity index is 708. The number of amides is 1. The van der Waals surface area contributed by atoms with E-state index >= 15 is 0 Å². The molecule has 138 valence electrons. The minimum Gasteiger partial charge on any atom is -0.393 e. The molecule has 25 heavy (non-hydrogen) atoms. The molecule has 0 bridgehead atoms. The zero-order valence-corrected chi connectivity index (χ0v) is 14.8. The molecule has 2 aliphatic rings. The molecule has 0 spiro atoms. The maximum Gasteiger partial charge on any atom is 0.433 e. The van der Waals surface area contributed by atoms with Crippen LogP contribution < -0.4 is 0 Å². The zero-order valence-electron chi connectivity index (χ0n) is 14.0. The number of likely N-dealkylation sites (tertiary alicyclic amines) is 1. The van der Waals surface area contributed by atoms with Crippen molar-refractivity contribution in [2.45, 2.75) is 43.2 Å². The van der Waals surface area contributed by atoms with Crippen molar-refractivity contribution in [1.29, 1.82) is 0 Å². The van der Waals surface area contributed by atoms with Crippen LogP contribution in [0.25, 0.3) is 4.91 Å². The van der Waals surface area contributed by atoms with E-state index in [4.69, 9.17) is 0 Å². The molecule has 1 aromatic rings. The number of carbonyl (C=O) groups excluding carboxylic acids is 1. The first-order valence-corrected chi connectivity index (χ1v) is 8.90. The molecule has 9 heteroatoms. The number of aryl methyl sites for hydroxylation is 1. The van der Waals surface area contributed by atoms with Gasteiger partial charge in [-0.05, 0) is 32.3 Å². The Labute approximate surface area is 147 Å². The number of rotatable bonds is 2. The van der Waals surface area contributed by atoms with E-state index in [2.05, 4.69) is 5.10 Å². The van der Waals surface area contributed by atoms with E-state index < -0.39 is 16.6 Å². The summed E-state index contributed by atoms with van der Waals surface area (Å²) in [6, 6.07) is 1.02. The molecule has 1 saturated heterocycles. The first-order valence-electron chi connectivity index (χ1n) is 8.08. The monoisotopic (exact) mass is 375 g/mol. The normalized spacial score (nSPS) is 25.4. The predicted octanol–water partition coefficient (Wildman–Crippen LogP) is 2.66. The Morgan fingerprint density at radius 3 is 2.60 bits per heavy atom. The molecule has 5 nitrogen and oxygen atoms in total. The number of nitrogens with zero attached hydrogens (tertiary/aromatic N) is 3. The minimum atomic E-state index is -4.46. The molecule has 0 aromatic carbocycles. The molecule has 3 rings (SSSR count). The minimum absolute atomic E-state index is 0.0392. The number of piperidine rings is 1. The van der Waals surface area contributed by atoms with Crippen molar-refractivity contribution in [3.8, 4) is 0 Å². The molecule has 0 radical (unpaired) electrons. The maximum atomic E-state index is 12.9. The van der Waals surface area contributed by atoms with Crippen LogP contribution >= 0.6 is 11.8 Å². The van der Waals surface area contributed by atoms with Gasteiger partial charge in [0.15, 0.2) is 0 Å². The van der Waals surface area contributed by atoms with Gasteiger partial charge in [-0.2, -0.15) is 18.3 Å². The summed E-state index contributed by atoms with van der Waals surface area (Å²) in [6.45, 7) is 2.82. The van der Waals surface area contributed by atoms with Gasteiger partial charge in [0, 0.05) is 25.0 Å². The van der Waals surface area contributed by atoms with Crippen molar-refractivity contribution in [1.82, 2.24) is 14.7 Å². The molecule has 0 aliphatic carbocycles. The van der Waals surface area contributed by atoms with Crippen LogP contribution in [0.5, 0.6) is 0 Å². The molecule has 1 unspecified atom stereocenters. The third-order valence-electron chi connectivity index (χ3n) is 4.64. The quantitative estimate of drug-likeness (QED) is 0.864. The number of aliphatic hydroxyl groups is 1. The molecule has 1 N–H and O–H groups in total. The number of allylic oxidation sites excluding steroid dienone is 1. The van der Waals surface area contributed by atoms with Crippen LogP contribution in [0.2, 0.25) is 0 Å². The summed E-state index contributed by atoms with van der Waals surface area (Å²) in [5, 5.41) is 13.5. The average Bonchev–Trinajstić information content (AvgIpc) is 3.11. The van der Waals surface area contributed by atoms with E-state index in [-0.39, 0.29) is 17.7 Å². The predicted molar refractivity (Wildman–Crippen MR) is 88.6 cm³/mol. The Hall–Kier alpha value is -1.48. The summed E-state index contributed by atoms with van der Waals surface area (Å²) in [5.41, 5.74) is -0.570. The van der Waals surface area contributed by atoms with Gasteiger partial charge in [-0.3, -0.25) is 9.48 Å². The second-order valence-corrected chi connectivity index (χ2v) is 8.21. The number of alkyl halides is 3. The number of thioether (sulfide) groups is 1. The molecule has 2 aliphatic heterocycles. The molecule has 1 fully saturated rings. The molecule has 0 saturated carbocycles. The molecule has 1 atom stereocenters. The third kappa shape index (κ3) is 3.57. The molecule has 1 amide bonds. The maximum absolute atomic E-state index is 12.9. The second-order valence-electron chi connectivity index (χ2n) is 6.66. The molecule has 1 aromatic heterocycles. The number of carbonyl (C=O) groups is 1. The topological polar surface area (TPSA) is 58.4 Å². The summed E-state index contributed by atoms with van der Waals surface area (Å²) in [7, 11) is 1.26. The van der Waals surface area contributed by atoms with Gasteiger partial charge < -0.3 is 10.0 Å². The number of aromatic nitrogens is 2. The first kappa shape index (κ1) is 18.3. The van der Waals surface area contributed by atoms with E-state index in [1.165, 1.54) is 18.8 Å². The highest BCUT2D eigenvalue weighted by Gasteiger charge is 2.43. The lowest BCUT2D eigenvalue weighted by molar-refractivity contribution is -0.143. The number of hydrogen-bond acceptors (Lipinski definition) is 4. The van der Waals surface area contributed by atoms with E-state index in [1.54, 1.807) is 11.0 Å². The highest BCUT2D eigenvalue weighted by molar-refractivity contribution is 8.10. The molecular formula is C16H20F3N3O2S. The fourth-order valence-corrected chi connectivity index (χ4v) is 4.40. The van der Waals surface area contributed by atoms with Crippen LogP contribution in [0.4, 0.5) is 13.2 Å². The summed E-state index contributed by atoms with van der Waals surface area (Å²) in [5.74, 6) is -0.0392. The lowest BCUT2D eigenvalue weighted by Gasteiger charge is -2.35. The van der Waals surface area contributed by atoms with Crippen LogP contribution in [0.1, 0.15) is 37.6 Å². The number of halogens is 3. The molecule has 3 heterocycles. The van der Waals surface area contributed by atoms with Crippen LogP contribution in [-0.2, 0) is 18.0 Å². The van der Waals surface area contributed by atoms with Crippen molar-refractivity contribution in [2.24, 2.45) is 7.05 Å². The average molecular weight is 375 g/mol. The van der Waals surface area contributed by atoms with Crippen molar-refractivity contribution in [3.05, 3.63) is 23.5 Å². The summed E-state index contributed by atoms with van der Waals surface area (Å²) in [6.07, 6.45) is -1.48. The van der Waals surface area contributed by atoms with Crippen molar-refractivity contribution < 1.29 is 23.1 Å². The fourth-order valence-electron chi connectivity index (χ4n) is 3.16. The van der Waals surface area contributed by atoms with Gasteiger partial charge in [-0.25, -0.2) is 0 Å². The Balaban J connectivity index is 1.73. The van der Waals surface area contributed by atoms with Crippen LogP contribution in [-0.4, -0.2) is 49.6 Å². The van der Waals surface area contributed by atoms with Crippen LogP contribution in [0.15, 0.2) is 12.1 Å². The zero-order chi connectivity index (χ0) is 18.4. The molecular weight excluding hydrogens is 355 g/mol. The summed E-state index contributed by atoms with van der Waals surface area (Å²) >= 11 is 1.27. The highest BCUT2D eigenvalue weighted by Crippen LogP contribution is 2.48. The Morgan fingerprint density at radius 1 is 1.40 bits per heavy atom. The van der Waals surface area contributed by atoms with Gasteiger partial charge in [-0.15, -0.1) is 11.8 Å². The van der Waals surface area contributed by atoms with Gasteiger partial charge in [0.2, 0.25) is 5.91 Å². The Morgan fingerprint density at radius 2 is 2.04 bits per heavy atom. The van der Waals surface area contributed by atoms with Gasteiger partial charge in [0.05, 0.1) is 11.8 Å². The summed E-state index contributed by atoms with van der Waals surface area (Å²) in [4.78, 5) is 15.2. The van der Waals surface area contributed by atoms with Gasteiger partial charge in [-0.1, -0.05) is 6.08 Å². The van der Waals surface area contributed by atoms with E-state index in [0.29, 0.717) is 37.3 Å². The standard InChI is InChI=1S/C16H20F3N3O2S/c1-15(14(24)22-7-4-10(23)5-8-22)6-3-12(25-15)11-9-13(16(17,18)19)21(2)20-11/h3,9-10,23H,4-8H2,1-2H3. The fraction of sp³-hybridized carbons (Fsp3) is 0.625. The van der Waals surface area contributed by atoms with Crippen molar-refractivity contribution >= 4 is 22.6 Å². The first-order chi connectivity index (χ1) is 11.6. The van der Waals surface area contributed by atoms with E-state index in [9.17, 15) is 23.1 Å². The largest absolute Gasteiger partial charge is 0.433 e. The lowest BCUT2D eigenvalue weighted by Crippen LogP contribution is -2.48. The van der Waals surface area contributed by atoms with Gasteiger partial charge in [0.1, 0.15) is 10.4 Å². The van der Waals surface area contributed by atoms with E-state index in [0.717, 1.165) is 10.7 Å². The highest BCUT2D eigenvalue weighted by atomic mass is 32.2. The van der Waals surface area contributed by atoms with Crippen molar-refractivity contribution in [2.75, 3.05) is 13.1 Å². The van der Waals surface area contributed by atoms with Gasteiger partial charge in [0.25, 0.3) is 0 Å². The summed E-state index contributed by atoms with van der Waals surface area (Å²) < 4.78 is 38.9. The second kappa shape index (κ2) is 6.35. The van der Waals surface area contributed by atoms with Crippen molar-refractivity contribution in [3.63, 3.8) is 0 Å². The number of hydrogen-bond donors (Lipinski definition) is 1. The smallest absolute Gasteiger partial charge is 0.393 e. The van der Waals surface area contributed by atoms with Crippen LogP contribution in [0.3, 0.4) is 0 Å². The van der Waals surface area contributed by atoms with Gasteiger partial charge >= 0.3 is 6.18 Å². The SMILES string of the molecule is Cn1nc(C2=CCC(C)(C(=O)N3CCC(O)CC3)S2)cc1C(F)(F)F. The number of aliphatic hydroxyl groups excluding tert-OH is 1. The Kier molecular flexibility index (Phi) is 4.65. The van der Waals surface area contributed by atoms with Crippen LogP contribution in [0, 0.1) is 0 Å².